The van der Waals surface area contributed by atoms with E-state index in [0.29, 0.717) is 16.3 Å². The molecule has 6 rings (SSSR count). The van der Waals surface area contributed by atoms with Gasteiger partial charge in [-0.1, -0.05) is 54.1 Å². The van der Waals surface area contributed by atoms with Gasteiger partial charge in [-0.2, -0.15) is 0 Å². The third-order valence-corrected chi connectivity index (χ3v) is 7.25. The maximum atomic E-state index is 13.9. The number of para-hydroxylation sites is 2. The predicted octanol–water partition coefficient (Wildman–Crippen LogP) is 5.49. The molecule has 170 valence electrons. The van der Waals surface area contributed by atoms with Crippen LogP contribution in [0.25, 0.3) is 10.9 Å². The van der Waals surface area contributed by atoms with Crippen LogP contribution in [0.15, 0.2) is 72.8 Å². The van der Waals surface area contributed by atoms with E-state index in [-0.39, 0.29) is 11.8 Å². The lowest BCUT2D eigenvalue weighted by molar-refractivity contribution is -0.126. The number of fused-ring (bicyclic) bond motifs is 2. The minimum Gasteiger partial charge on any atom is -0.358 e. The Morgan fingerprint density at radius 2 is 1.62 bits per heavy atom. The average Bonchev–Trinajstić information content (AvgIpc) is 3.46. The Bertz CT molecular complexity index is 1450. The zero-order chi connectivity index (χ0) is 23.6. The number of halogens is 1. The molecule has 2 saturated heterocycles. The van der Waals surface area contributed by atoms with Gasteiger partial charge in [-0.3, -0.25) is 14.4 Å². The number of hydrogen-bond acceptors (Lipinski definition) is 4. The first-order valence-corrected chi connectivity index (χ1v) is 11.6. The summed E-state index contributed by atoms with van der Waals surface area (Å²) in [6, 6.07) is 22.3. The van der Waals surface area contributed by atoms with Crippen LogP contribution >= 0.6 is 11.6 Å². The summed E-state index contributed by atoms with van der Waals surface area (Å²) in [5, 5.41) is 3.24. The first-order valence-electron chi connectivity index (χ1n) is 11.2. The van der Waals surface area contributed by atoms with Gasteiger partial charge in [0.05, 0.1) is 17.4 Å². The summed E-state index contributed by atoms with van der Waals surface area (Å²) in [4.78, 5) is 38.5. The van der Waals surface area contributed by atoms with Gasteiger partial charge in [0.1, 0.15) is 5.92 Å². The second-order valence-corrected chi connectivity index (χ2v) is 9.17. The van der Waals surface area contributed by atoms with Crippen molar-refractivity contribution >= 4 is 45.7 Å². The molecular formula is C27H22ClN3O3. The van der Waals surface area contributed by atoms with Crippen LogP contribution in [0.2, 0.25) is 5.02 Å². The molecule has 34 heavy (non-hydrogen) atoms. The number of nitrogens with zero attached hydrogens (tertiary/aromatic N) is 2. The standard InChI is InChI=1S/C27H22ClN3O3/c1-15-19(28)12-8-14-21(15)30-26(32)23-24(22-16(2)29-20-13-7-6-11-18(20)22)31(34-25(23)27(30)33)17-9-4-3-5-10-17/h3-14,23-25,29H,1-2H3. The van der Waals surface area contributed by atoms with Crippen LogP contribution in [0.1, 0.15) is 22.9 Å². The highest BCUT2D eigenvalue weighted by Gasteiger charge is 2.61. The lowest BCUT2D eigenvalue weighted by Crippen LogP contribution is -2.37. The molecule has 1 aromatic heterocycles. The number of rotatable bonds is 3. The average molecular weight is 472 g/mol. The summed E-state index contributed by atoms with van der Waals surface area (Å²) in [6.07, 6.45) is -0.927. The fourth-order valence-electron chi connectivity index (χ4n) is 5.26. The van der Waals surface area contributed by atoms with Gasteiger partial charge in [-0.25, -0.2) is 9.96 Å². The van der Waals surface area contributed by atoms with Gasteiger partial charge in [0.15, 0.2) is 6.10 Å². The Balaban J connectivity index is 1.53. The summed E-state index contributed by atoms with van der Waals surface area (Å²) in [7, 11) is 0. The highest BCUT2D eigenvalue weighted by atomic mass is 35.5. The summed E-state index contributed by atoms with van der Waals surface area (Å²) in [6.45, 7) is 3.80. The van der Waals surface area contributed by atoms with Crippen molar-refractivity contribution < 1.29 is 14.4 Å². The molecule has 2 amide bonds. The van der Waals surface area contributed by atoms with E-state index in [2.05, 4.69) is 4.98 Å². The molecule has 6 nitrogen and oxygen atoms in total. The number of hydrogen-bond donors (Lipinski definition) is 1. The summed E-state index contributed by atoms with van der Waals surface area (Å²) >= 11 is 6.31. The van der Waals surface area contributed by atoms with Crippen molar-refractivity contribution in [2.24, 2.45) is 5.92 Å². The van der Waals surface area contributed by atoms with Gasteiger partial charge in [0.25, 0.3) is 5.91 Å². The molecule has 3 aromatic carbocycles. The maximum absolute atomic E-state index is 13.9. The number of aromatic amines is 1. The molecule has 3 unspecified atom stereocenters. The predicted molar refractivity (Wildman–Crippen MR) is 132 cm³/mol. The third kappa shape index (κ3) is 2.92. The first kappa shape index (κ1) is 21.0. The Morgan fingerprint density at radius 3 is 2.41 bits per heavy atom. The number of amides is 2. The van der Waals surface area contributed by atoms with Crippen LogP contribution in [0.3, 0.4) is 0 Å². The molecule has 2 aliphatic rings. The van der Waals surface area contributed by atoms with Gasteiger partial charge in [-0.05, 0) is 49.7 Å². The second-order valence-electron chi connectivity index (χ2n) is 8.76. The van der Waals surface area contributed by atoms with Gasteiger partial charge in [0, 0.05) is 27.2 Å². The number of anilines is 2. The molecule has 4 aromatic rings. The molecule has 0 radical (unpaired) electrons. The Labute approximate surface area is 201 Å². The van der Waals surface area contributed by atoms with Crippen LogP contribution in [0.5, 0.6) is 0 Å². The van der Waals surface area contributed by atoms with Crippen molar-refractivity contribution in [2.45, 2.75) is 26.0 Å². The topological polar surface area (TPSA) is 65.6 Å². The van der Waals surface area contributed by atoms with Crippen LogP contribution in [0, 0.1) is 19.8 Å². The van der Waals surface area contributed by atoms with Crippen molar-refractivity contribution in [3.05, 3.63) is 94.6 Å². The van der Waals surface area contributed by atoms with Crippen molar-refractivity contribution in [3.63, 3.8) is 0 Å². The SMILES string of the molecule is Cc1[nH]c2ccccc2c1C1C2C(=O)N(c3cccc(Cl)c3C)C(=O)C2ON1c1ccccc1. The molecule has 0 bridgehead atoms. The fraction of sp³-hybridized carbons (Fsp3) is 0.185. The molecular weight excluding hydrogens is 450 g/mol. The molecule has 2 fully saturated rings. The number of aryl methyl sites for hydroxylation is 1. The first-order chi connectivity index (χ1) is 16.5. The quantitative estimate of drug-likeness (QED) is 0.401. The molecule has 2 aliphatic heterocycles. The number of imide groups is 1. The van der Waals surface area contributed by atoms with Gasteiger partial charge < -0.3 is 4.98 Å². The van der Waals surface area contributed by atoms with E-state index in [1.165, 1.54) is 4.90 Å². The van der Waals surface area contributed by atoms with E-state index in [1.807, 2.05) is 68.4 Å². The van der Waals surface area contributed by atoms with Gasteiger partial charge in [-0.15, -0.1) is 0 Å². The molecule has 0 saturated carbocycles. The zero-order valence-corrected chi connectivity index (χ0v) is 19.4. The van der Waals surface area contributed by atoms with Crippen LogP contribution < -0.4 is 9.96 Å². The number of nitrogens with one attached hydrogen (secondary N) is 1. The summed E-state index contributed by atoms with van der Waals surface area (Å²) in [5.41, 5.74) is 4.85. The van der Waals surface area contributed by atoms with Gasteiger partial charge >= 0.3 is 0 Å². The van der Waals surface area contributed by atoms with Crippen molar-refractivity contribution in [3.8, 4) is 0 Å². The van der Waals surface area contributed by atoms with E-state index >= 15 is 0 Å². The molecule has 1 N–H and O–H groups in total. The third-order valence-electron chi connectivity index (χ3n) is 6.85. The number of hydroxylamine groups is 1. The maximum Gasteiger partial charge on any atom is 0.266 e. The number of carbonyl (C=O) groups is 2. The number of carbonyl (C=O) groups excluding carboxylic acids is 2. The molecule has 0 aliphatic carbocycles. The largest absolute Gasteiger partial charge is 0.358 e. The van der Waals surface area contributed by atoms with E-state index in [1.54, 1.807) is 23.3 Å². The Morgan fingerprint density at radius 1 is 0.882 bits per heavy atom. The van der Waals surface area contributed by atoms with Crippen molar-refractivity contribution in [1.29, 1.82) is 0 Å². The second kappa shape index (κ2) is 7.72. The van der Waals surface area contributed by atoms with Gasteiger partial charge in [0.2, 0.25) is 5.91 Å². The van der Waals surface area contributed by atoms with E-state index < -0.39 is 18.1 Å². The zero-order valence-electron chi connectivity index (χ0n) is 18.7. The lowest BCUT2D eigenvalue weighted by atomic mass is 9.89. The molecule has 0 spiro atoms. The Kier molecular flexibility index (Phi) is 4.76. The Hall–Kier alpha value is -3.61. The van der Waals surface area contributed by atoms with Crippen LogP contribution in [-0.2, 0) is 14.4 Å². The van der Waals surface area contributed by atoms with Crippen LogP contribution in [0.4, 0.5) is 11.4 Å². The van der Waals surface area contributed by atoms with Crippen molar-refractivity contribution in [2.75, 3.05) is 9.96 Å². The normalized spacial score (nSPS) is 22.1. The monoisotopic (exact) mass is 471 g/mol. The summed E-state index contributed by atoms with van der Waals surface area (Å²) < 4.78 is 0. The van der Waals surface area contributed by atoms with E-state index in [0.717, 1.165) is 27.8 Å². The molecule has 7 heteroatoms. The minimum atomic E-state index is -0.927. The minimum absolute atomic E-state index is 0.284. The molecule has 3 atom stereocenters. The highest BCUT2D eigenvalue weighted by Crippen LogP contribution is 2.50. The summed E-state index contributed by atoms with van der Waals surface area (Å²) in [5.74, 6) is -1.36. The molecule has 3 heterocycles. The van der Waals surface area contributed by atoms with E-state index in [9.17, 15) is 9.59 Å². The highest BCUT2D eigenvalue weighted by molar-refractivity contribution is 6.32. The number of aromatic nitrogens is 1. The number of benzene rings is 3. The smallest absolute Gasteiger partial charge is 0.266 e. The van der Waals surface area contributed by atoms with Crippen molar-refractivity contribution in [1.82, 2.24) is 4.98 Å². The fourth-order valence-corrected chi connectivity index (χ4v) is 5.43. The van der Waals surface area contributed by atoms with E-state index in [4.69, 9.17) is 16.4 Å². The number of H-pyrrole nitrogens is 1. The van der Waals surface area contributed by atoms with Crippen LogP contribution in [-0.4, -0.2) is 22.9 Å². The lowest BCUT2D eigenvalue weighted by Gasteiger charge is -2.29.